The zero-order valence-corrected chi connectivity index (χ0v) is 38.4. The first-order valence-electron chi connectivity index (χ1n) is 24.4. The van der Waals surface area contributed by atoms with Crippen LogP contribution >= 0.6 is 0 Å². The number of esters is 1. The van der Waals surface area contributed by atoms with Gasteiger partial charge in [0, 0.05) is 6.42 Å². The fourth-order valence-electron chi connectivity index (χ4n) is 6.91. The number of unbranched alkanes of at least 4 members (excludes halogenated alkanes) is 21. The third kappa shape index (κ3) is 41.6. The summed E-state index contributed by atoms with van der Waals surface area (Å²) in [7, 11) is 0. The number of ether oxygens (including phenoxy) is 1. The normalized spacial score (nSPS) is 14.1. The summed E-state index contributed by atoms with van der Waals surface area (Å²) >= 11 is 0. The number of hydrogen-bond acceptors (Lipinski definition) is 5. The first-order valence-corrected chi connectivity index (χ1v) is 24.4. The van der Waals surface area contributed by atoms with Gasteiger partial charge in [-0.3, -0.25) is 9.59 Å². The molecule has 0 aromatic heterocycles. The van der Waals surface area contributed by atoms with Crippen LogP contribution in [0.3, 0.4) is 0 Å². The van der Waals surface area contributed by atoms with Crippen LogP contribution in [0.25, 0.3) is 0 Å². The molecule has 3 N–H and O–H groups in total. The Labute approximate surface area is 363 Å². The van der Waals surface area contributed by atoms with Gasteiger partial charge in [0.1, 0.15) is 6.10 Å². The number of rotatable bonds is 42. The van der Waals surface area contributed by atoms with Crippen LogP contribution in [0.15, 0.2) is 85.1 Å². The molecule has 0 rings (SSSR count). The van der Waals surface area contributed by atoms with Gasteiger partial charge in [-0.2, -0.15) is 0 Å². The molecule has 0 aliphatic heterocycles. The van der Waals surface area contributed by atoms with Crippen LogP contribution in [0.5, 0.6) is 0 Å². The van der Waals surface area contributed by atoms with Crippen LogP contribution in [0.2, 0.25) is 0 Å². The van der Waals surface area contributed by atoms with Gasteiger partial charge in [0.2, 0.25) is 5.91 Å². The number of aliphatic hydroxyl groups excluding tert-OH is 2. The molecule has 0 radical (unpaired) electrons. The SMILES string of the molecule is CC/C=C/C=C/C=C\C=C/CCCCCC(=O)OC(CCCCC/C=C/C=C/C=C/CCCCCCC)CC(=O)NC(CO)C(O)CCCCCCCCCCCCC. The van der Waals surface area contributed by atoms with Crippen molar-refractivity contribution in [1.82, 2.24) is 5.32 Å². The monoisotopic (exact) mass is 822 g/mol. The standard InChI is InChI=1S/C53H91NO5/c1-4-7-10-13-16-19-22-24-25-26-28-30-32-35-38-41-44-49(59-53(58)46-43-40-37-34-31-27-23-20-17-14-11-8-5-2)47-52(57)54-50(48-55)51(56)45-42-39-36-33-29-21-18-15-12-9-6-3/h8,11,14,17,20,22-28,30-31,49-51,55-56H,4-7,9-10,12-13,15-16,18-19,21,29,32-48H2,1-3H3,(H,54,57)/b11-8+,17-14+,23-20-,24-22+,26-25+,30-28+,31-27-. The third-order valence-electron chi connectivity index (χ3n) is 10.6. The lowest BCUT2D eigenvalue weighted by molar-refractivity contribution is -0.151. The first-order chi connectivity index (χ1) is 29.0. The van der Waals surface area contributed by atoms with Crippen molar-refractivity contribution >= 4 is 11.9 Å². The highest BCUT2D eigenvalue weighted by Crippen LogP contribution is 2.17. The third-order valence-corrected chi connectivity index (χ3v) is 10.6. The van der Waals surface area contributed by atoms with Gasteiger partial charge < -0.3 is 20.3 Å². The summed E-state index contributed by atoms with van der Waals surface area (Å²) in [4.78, 5) is 26.1. The van der Waals surface area contributed by atoms with E-state index in [1.165, 1.54) is 83.5 Å². The summed E-state index contributed by atoms with van der Waals surface area (Å²) in [5, 5.41) is 23.7. The molecule has 338 valence electrons. The molecule has 3 unspecified atom stereocenters. The van der Waals surface area contributed by atoms with E-state index < -0.39 is 18.2 Å². The zero-order valence-electron chi connectivity index (χ0n) is 38.4. The van der Waals surface area contributed by atoms with Crippen LogP contribution in [-0.4, -0.2) is 46.9 Å². The second kappa shape index (κ2) is 46.1. The average Bonchev–Trinajstić information content (AvgIpc) is 3.23. The summed E-state index contributed by atoms with van der Waals surface area (Å²) in [6.07, 6.45) is 59.2. The maximum Gasteiger partial charge on any atom is 0.306 e. The van der Waals surface area contributed by atoms with E-state index in [-0.39, 0.29) is 24.9 Å². The van der Waals surface area contributed by atoms with E-state index in [9.17, 15) is 19.8 Å². The molecule has 6 heteroatoms. The van der Waals surface area contributed by atoms with Gasteiger partial charge in [0.15, 0.2) is 0 Å². The highest BCUT2D eigenvalue weighted by molar-refractivity contribution is 5.77. The van der Waals surface area contributed by atoms with Gasteiger partial charge in [0.05, 0.1) is 25.2 Å². The van der Waals surface area contributed by atoms with Crippen LogP contribution in [0, 0.1) is 0 Å². The molecule has 59 heavy (non-hydrogen) atoms. The lowest BCUT2D eigenvalue weighted by Crippen LogP contribution is -2.46. The summed E-state index contributed by atoms with van der Waals surface area (Å²) in [5.41, 5.74) is 0. The molecule has 0 saturated heterocycles. The first kappa shape index (κ1) is 56.0. The van der Waals surface area contributed by atoms with Gasteiger partial charge in [-0.15, -0.1) is 0 Å². The number of aliphatic hydroxyl groups is 2. The van der Waals surface area contributed by atoms with Gasteiger partial charge in [-0.05, 0) is 70.6 Å². The Bertz CT molecular complexity index is 1150. The Hall–Kier alpha value is -2.96. The van der Waals surface area contributed by atoms with Gasteiger partial charge in [-0.1, -0.05) is 215 Å². The molecule has 0 aliphatic carbocycles. The van der Waals surface area contributed by atoms with Gasteiger partial charge >= 0.3 is 5.97 Å². The summed E-state index contributed by atoms with van der Waals surface area (Å²) in [6.45, 7) is 6.29. The Morgan fingerprint density at radius 3 is 1.41 bits per heavy atom. The van der Waals surface area contributed by atoms with Crippen molar-refractivity contribution in [3.8, 4) is 0 Å². The molecule has 0 fully saturated rings. The van der Waals surface area contributed by atoms with E-state index in [0.29, 0.717) is 19.3 Å². The van der Waals surface area contributed by atoms with Crippen molar-refractivity contribution in [3.05, 3.63) is 85.1 Å². The van der Waals surface area contributed by atoms with Crippen LogP contribution in [0.1, 0.15) is 213 Å². The van der Waals surface area contributed by atoms with Crippen LogP contribution < -0.4 is 5.32 Å². The number of carbonyl (C=O) groups excluding carboxylic acids is 2. The summed E-state index contributed by atoms with van der Waals surface area (Å²) < 4.78 is 5.88. The Morgan fingerprint density at radius 1 is 0.508 bits per heavy atom. The smallest absolute Gasteiger partial charge is 0.306 e. The minimum Gasteiger partial charge on any atom is -0.462 e. The largest absolute Gasteiger partial charge is 0.462 e. The van der Waals surface area contributed by atoms with E-state index in [2.05, 4.69) is 80.8 Å². The predicted molar refractivity (Wildman–Crippen MR) is 254 cm³/mol. The maximum absolute atomic E-state index is 13.2. The zero-order chi connectivity index (χ0) is 43.1. The maximum atomic E-state index is 13.2. The van der Waals surface area contributed by atoms with Crippen molar-refractivity contribution in [2.75, 3.05) is 6.61 Å². The van der Waals surface area contributed by atoms with Crippen molar-refractivity contribution < 1.29 is 24.5 Å². The number of amides is 1. The molecule has 0 heterocycles. The molecule has 6 nitrogen and oxygen atoms in total. The van der Waals surface area contributed by atoms with Crippen molar-refractivity contribution in [2.24, 2.45) is 0 Å². The predicted octanol–water partition coefficient (Wildman–Crippen LogP) is 14.4. The quantitative estimate of drug-likeness (QED) is 0.0324. The number of hydrogen-bond donors (Lipinski definition) is 3. The highest BCUT2D eigenvalue weighted by Gasteiger charge is 2.24. The van der Waals surface area contributed by atoms with E-state index in [1.54, 1.807) is 0 Å². The number of nitrogens with one attached hydrogen (secondary N) is 1. The van der Waals surface area contributed by atoms with E-state index in [4.69, 9.17) is 4.74 Å². The molecule has 0 saturated carbocycles. The molecule has 0 aromatic rings. The Kier molecular flexibility index (Phi) is 43.8. The molecule has 0 spiro atoms. The average molecular weight is 822 g/mol. The lowest BCUT2D eigenvalue weighted by Gasteiger charge is -2.24. The molecule has 0 aliphatic rings. The van der Waals surface area contributed by atoms with Crippen molar-refractivity contribution in [3.63, 3.8) is 0 Å². The second-order valence-electron chi connectivity index (χ2n) is 16.3. The van der Waals surface area contributed by atoms with Crippen LogP contribution in [0.4, 0.5) is 0 Å². The van der Waals surface area contributed by atoms with E-state index in [0.717, 1.165) is 83.5 Å². The molecule has 1 amide bonds. The van der Waals surface area contributed by atoms with Crippen LogP contribution in [-0.2, 0) is 14.3 Å². The Morgan fingerprint density at radius 2 is 0.915 bits per heavy atom. The molecular formula is C53H91NO5. The number of carbonyl (C=O) groups is 2. The number of allylic oxidation sites excluding steroid dienone is 14. The second-order valence-corrected chi connectivity index (χ2v) is 16.3. The Balaban J connectivity index is 4.76. The topological polar surface area (TPSA) is 95.9 Å². The summed E-state index contributed by atoms with van der Waals surface area (Å²) in [5.74, 6) is -0.561. The van der Waals surface area contributed by atoms with Gasteiger partial charge in [-0.25, -0.2) is 0 Å². The fourth-order valence-corrected chi connectivity index (χ4v) is 6.91. The minimum absolute atomic E-state index is 0.0345. The molecule has 0 aromatic carbocycles. The van der Waals surface area contributed by atoms with Crippen molar-refractivity contribution in [1.29, 1.82) is 0 Å². The lowest BCUT2D eigenvalue weighted by atomic mass is 10.0. The van der Waals surface area contributed by atoms with Gasteiger partial charge in [0.25, 0.3) is 0 Å². The minimum atomic E-state index is -0.807. The fraction of sp³-hybridized carbons (Fsp3) is 0.698. The van der Waals surface area contributed by atoms with E-state index >= 15 is 0 Å². The summed E-state index contributed by atoms with van der Waals surface area (Å²) in [6, 6.07) is -0.724. The van der Waals surface area contributed by atoms with Crippen molar-refractivity contribution in [2.45, 2.75) is 232 Å². The van der Waals surface area contributed by atoms with E-state index in [1.807, 2.05) is 30.4 Å². The molecular weight excluding hydrogens is 731 g/mol. The molecule has 0 bridgehead atoms. The highest BCUT2D eigenvalue weighted by atomic mass is 16.5. The molecule has 3 atom stereocenters.